The smallest absolute Gasteiger partial charge is 0.304 e. The average Bonchev–Trinajstić information content (AvgIpc) is 3.07. The van der Waals surface area contributed by atoms with Gasteiger partial charge in [-0.15, -0.1) is 0 Å². The van der Waals surface area contributed by atoms with Gasteiger partial charge in [-0.05, 0) is 28.7 Å². The molecule has 0 saturated carbocycles. The molecule has 0 N–H and O–H groups in total. The van der Waals surface area contributed by atoms with E-state index >= 15 is 0 Å². The van der Waals surface area contributed by atoms with E-state index in [4.69, 9.17) is 9.84 Å². The topological polar surface area (TPSA) is 30.9 Å². The third kappa shape index (κ3) is 3.42. The first-order valence-corrected chi connectivity index (χ1v) is 9.23. The van der Waals surface area contributed by atoms with Crippen LogP contribution in [-0.4, -0.2) is 16.4 Å². The quantitative estimate of drug-likeness (QED) is 0.675. The van der Waals surface area contributed by atoms with E-state index in [1.54, 1.807) is 0 Å². The Kier molecular flexibility index (Phi) is 4.37. The molecular weight excluding hydrogens is 322 g/mol. The lowest BCUT2D eigenvalue weighted by molar-refractivity contribution is -0.742. The van der Waals surface area contributed by atoms with E-state index in [0.29, 0.717) is 6.61 Å². The number of fused-ring (bicyclic) bond motifs is 1. The fourth-order valence-electron chi connectivity index (χ4n) is 3.44. The molecule has 0 bridgehead atoms. The van der Waals surface area contributed by atoms with Crippen molar-refractivity contribution in [1.29, 1.82) is 0 Å². The van der Waals surface area contributed by atoms with Crippen LogP contribution in [0, 0.1) is 0 Å². The Labute approximate surface area is 155 Å². The molecule has 4 nitrogen and oxygen atoms in total. The van der Waals surface area contributed by atoms with E-state index in [1.165, 1.54) is 11.1 Å². The van der Waals surface area contributed by atoms with Gasteiger partial charge in [0.15, 0.2) is 0 Å². The minimum atomic E-state index is 0.158. The maximum Gasteiger partial charge on any atom is 0.304 e. The summed E-state index contributed by atoms with van der Waals surface area (Å²) in [5.41, 5.74) is 3.89. The van der Waals surface area contributed by atoms with Crippen LogP contribution in [0.15, 0.2) is 60.9 Å². The molecule has 1 unspecified atom stereocenters. The number of hydrogen-bond donors (Lipinski definition) is 0. The van der Waals surface area contributed by atoms with Gasteiger partial charge < -0.3 is 4.74 Å². The highest BCUT2D eigenvalue weighted by atomic mass is 16.5. The van der Waals surface area contributed by atoms with Crippen molar-refractivity contribution in [3.8, 4) is 5.69 Å². The zero-order valence-electron chi connectivity index (χ0n) is 15.7. The van der Waals surface area contributed by atoms with E-state index in [9.17, 15) is 0 Å². The maximum atomic E-state index is 5.80. The van der Waals surface area contributed by atoms with Crippen molar-refractivity contribution < 1.29 is 9.30 Å². The van der Waals surface area contributed by atoms with Gasteiger partial charge in [0.05, 0.1) is 6.61 Å². The highest BCUT2D eigenvalue weighted by Crippen LogP contribution is 2.23. The Bertz CT molecular complexity index is 876. The maximum absolute atomic E-state index is 5.80. The van der Waals surface area contributed by atoms with Gasteiger partial charge in [-0.25, -0.2) is 4.57 Å². The predicted molar refractivity (Wildman–Crippen MR) is 101 cm³/mol. The van der Waals surface area contributed by atoms with Crippen molar-refractivity contribution in [2.75, 3.05) is 6.61 Å². The highest BCUT2D eigenvalue weighted by molar-refractivity contribution is 5.35. The average molecular weight is 348 g/mol. The fourth-order valence-corrected chi connectivity index (χ4v) is 3.44. The second-order valence-electron chi connectivity index (χ2n) is 8.04. The molecule has 0 amide bonds. The molecular formula is C22H26N3O+. The van der Waals surface area contributed by atoms with Gasteiger partial charge in [-0.1, -0.05) is 67.9 Å². The van der Waals surface area contributed by atoms with Gasteiger partial charge in [0, 0.05) is 11.5 Å². The predicted octanol–water partition coefficient (Wildman–Crippen LogP) is 3.77. The van der Waals surface area contributed by atoms with Crippen molar-refractivity contribution in [2.24, 2.45) is 0 Å². The molecule has 1 atom stereocenters. The Hall–Kier alpha value is -2.46. The minimum absolute atomic E-state index is 0.158. The van der Waals surface area contributed by atoms with Crippen LogP contribution < -0.4 is 4.57 Å². The summed E-state index contributed by atoms with van der Waals surface area (Å²) in [6, 6.07) is 19.5. The summed E-state index contributed by atoms with van der Waals surface area (Å²) in [6.45, 7) is 7.99. The number of nitrogens with zero attached hydrogens (tertiary/aromatic N) is 3. The van der Waals surface area contributed by atoms with Crippen LogP contribution in [0.4, 0.5) is 0 Å². The lowest BCUT2D eigenvalue weighted by atomic mass is 9.87. The van der Waals surface area contributed by atoms with Crippen molar-refractivity contribution in [1.82, 2.24) is 9.78 Å². The Morgan fingerprint density at radius 3 is 2.50 bits per heavy atom. The summed E-state index contributed by atoms with van der Waals surface area (Å²) in [5.74, 6) is 0.983. The highest BCUT2D eigenvalue weighted by Gasteiger charge is 2.30. The van der Waals surface area contributed by atoms with Crippen molar-refractivity contribution in [3.63, 3.8) is 0 Å². The van der Waals surface area contributed by atoms with Gasteiger partial charge >= 0.3 is 5.82 Å². The third-order valence-electron chi connectivity index (χ3n) is 5.00. The molecule has 134 valence electrons. The van der Waals surface area contributed by atoms with E-state index in [0.717, 1.165) is 24.5 Å². The van der Waals surface area contributed by atoms with Gasteiger partial charge in [0.2, 0.25) is 6.33 Å². The number of hydrogen-bond acceptors (Lipinski definition) is 2. The first kappa shape index (κ1) is 17.0. The summed E-state index contributed by atoms with van der Waals surface area (Å²) in [7, 11) is 0. The summed E-state index contributed by atoms with van der Waals surface area (Å²) in [5, 5.41) is 4.76. The molecule has 0 fully saturated rings. The molecule has 1 aliphatic heterocycles. The van der Waals surface area contributed by atoms with Gasteiger partial charge in [0.25, 0.3) is 0 Å². The molecule has 1 aliphatic rings. The first-order valence-electron chi connectivity index (χ1n) is 9.23. The molecule has 0 saturated heterocycles. The lowest BCUT2D eigenvalue weighted by Crippen LogP contribution is -2.48. The van der Waals surface area contributed by atoms with Crippen LogP contribution in [0.1, 0.15) is 43.8 Å². The largest absolute Gasteiger partial charge is 0.367 e. The molecule has 0 aliphatic carbocycles. The molecule has 1 aromatic heterocycles. The number of rotatable bonds is 3. The van der Waals surface area contributed by atoms with Crippen LogP contribution in [0.2, 0.25) is 0 Å². The number of benzene rings is 2. The molecule has 0 spiro atoms. The van der Waals surface area contributed by atoms with Crippen molar-refractivity contribution in [3.05, 3.63) is 77.9 Å². The zero-order chi connectivity index (χ0) is 18.1. The van der Waals surface area contributed by atoms with E-state index in [-0.39, 0.29) is 11.5 Å². The second-order valence-corrected chi connectivity index (χ2v) is 8.04. The molecule has 4 rings (SSSR count). The summed E-state index contributed by atoms with van der Waals surface area (Å²) in [4.78, 5) is 0. The van der Waals surface area contributed by atoms with Crippen molar-refractivity contribution >= 4 is 0 Å². The standard InChI is InChI=1S/C22H26N3O/c1-22(2,3)18-9-11-19(12-10-18)25-16-24-20(14-26-15-21(24)23-25)13-17-7-5-4-6-8-17/h4-12,16,20H,13-15H2,1-3H3/q+1. The van der Waals surface area contributed by atoms with Crippen LogP contribution in [0.25, 0.3) is 5.69 Å². The monoisotopic (exact) mass is 348 g/mol. The van der Waals surface area contributed by atoms with Gasteiger partial charge in [-0.2, -0.15) is 0 Å². The summed E-state index contributed by atoms with van der Waals surface area (Å²) >= 11 is 0. The molecule has 26 heavy (non-hydrogen) atoms. The molecule has 0 radical (unpaired) electrons. The molecule has 2 aromatic carbocycles. The Morgan fingerprint density at radius 2 is 1.81 bits per heavy atom. The number of ether oxygens (including phenoxy) is 1. The Balaban J connectivity index is 1.61. The van der Waals surface area contributed by atoms with Crippen molar-refractivity contribution in [2.45, 2.75) is 45.3 Å². The molecule has 2 heterocycles. The normalized spacial score (nSPS) is 17.1. The van der Waals surface area contributed by atoms with Crippen LogP contribution in [-0.2, 0) is 23.2 Å². The Morgan fingerprint density at radius 1 is 1.08 bits per heavy atom. The molecule has 3 aromatic rings. The van der Waals surface area contributed by atoms with E-state index < -0.39 is 0 Å². The second kappa shape index (κ2) is 6.69. The van der Waals surface area contributed by atoms with Crippen LogP contribution in [0.3, 0.4) is 0 Å². The van der Waals surface area contributed by atoms with Crippen LogP contribution in [0.5, 0.6) is 0 Å². The SMILES string of the molecule is CC(C)(C)c1ccc(-n2c[n+]3c(n2)COCC3Cc2ccccc2)cc1. The van der Waals surface area contributed by atoms with Gasteiger partial charge in [0.1, 0.15) is 18.3 Å². The minimum Gasteiger partial charge on any atom is -0.367 e. The van der Waals surface area contributed by atoms with Gasteiger partial charge in [-0.3, -0.25) is 0 Å². The zero-order valence-corrected chi connectivity index (χ0v) is 15.7. The summed E-state index contributed by atoms with van der Waals surface area (Å²) in [6.07, 6.45) is 3.06. The van der Waals surface area contributed by atoms with Crippen LogP contribution >= 0.6 is 0 Å². The molecule has 4 heteroatoms. The fraction of sp³-hybridized carbons (Fsp3) is 0.364. The third-order valence-corrected chi connectivity index (χ3v) is 5.00. The van der Waals surface area contributed by atoms with E-state index in [1.807, 2.05) is 4.68 Å². The lowest BCUT2D eigenvalue weighted by Gasteiger charge is -2.19. The summed E-state index contributed by atoms with van der Waals surface area (Å²) < 4.78 is 10.0. The number of aromatic nitrogens is 3. The first-order chi connectivity index (χ1) is 12.5. The van der Waals surface area contributed by atoms with E-state index in [2.05, 4.69) is 86.3 Å².